The van der Waals surface area contributed by atoms with Crippen LogP contribution in [0.1, 0.15) is 12.5 Å². The van der Waals surface area contributed by atoms with E-state index in [1.54, 1.807) is 6.92 Å². The third-order valence-electron chi connectivity index (χ3n) is 1.94. The molecule has 0 saturated carbocycles. The van der Waals surface area contributed by atoms with Crippen molar-refractivity contribution in [3.8, 4) is 5.75 Å². The fourth-order valence-electron chi connectivity index (χ4n) is 0.953. The van der Waals surface area contributed by atoms with E-state index in [1.165, 1.54) is 12.1 Å². The average Bonchev–Trinajstić information content (AvgIpc) is 2.09. The molecule has 0 aliphatic carbocycles. The van der Waals surface area contributed by atoms with Gasteiger partial charge in [-0.15, -0.1) is 0 Å². The largest absolute Gasteiger partial charge is 0.505 e. The number of aliphatic hydroxyl groups is 1. The first kappa shape index (κ1) is 9.95. The van der Waals surface area contributed by atoms with Crippen LogP contribution >= 0.6 is 0 Å². The molecule has 0 heterocycles. The third kappa shape index (κ3) is 1.96. The van der Waals surface area contributed by atoms with Crippen molar-refractivity contribution in [1.29, 1.82) is 0 Å². The van der Waals surface area contributed by atoms with Crippen molar-refractivity contribution in [3.63, 3.8) is 0 Å². The maximum absolute atomic E-state index is 12.9. The molecule has 4 N–H and O–H groups in total. The Kier molecular flexibility index (Phi) is 2.54. The molecule has 1 aromatic rings. The minimum absolute atomic E-state index is 0.281. The van der Waals surface area contributed by atoms with Crippen molar-refractivity contribution in [2.24, 2.45) is 5.73 Å². The summed E-state index contributed by atoms with van der Waals surface area (Å²) in [6, 6.07) is 3.81. The number of rotatable bonds is 2. The second kappa shape index (κ2) is 3.32. The molecule has 0 bridgehead atoms. The molecule has 72 valence electrons. The number of hydrogen-bond donors (Lipinski definition) is 3. The summed E-state index contributed by atoms with van der Waals surface area (Å²) in [7, 11) is 0. The van der Waals surface area contributed by atoms with Crippen LogP contribution in [-0.4, -0.2) is 16.8 Å². The summed E-state index contributed by atoms with van der Waals surface area (Å²) in [5.74, 6) is -1.15. The molecule has 1 rings (SSSR count). The standard InChI is InChI=1S/C9H12FNO2/c1-9(11,5-12)6-2-3-8(13)7(10)4-6/h2-4,12-13H,5,11H2,1H3/t9-/m0/s1. The molecule has 0 fully saturated rings. The number of aromatic hydroxyl groups is 1. The van der Waals surface area contributed by atoms with Crippen LogP contribution in [0.25, 0.3) is 0 Å². The van der Waals surface area contributed by atoms with E-state index in [0.29, 0.717) is 5.56 Å². The van der Waals surface area contributed by atoms with Crippen LogP contribution in [0.4, 0.5) is 4.39 Å². The summed E-state index contributed by atoms with van der Waals surface area (Å²) in [6.07, 6.45) is 0. The van der Waals surface area contributed by atoms with Gasteiger partial charge >= 0.3 is 0 Å². The molecule has 0 unspecified atom stereocenters. The van der Waals surface area contributed by atoms with Gasteiger partial charge in [-0.3, -0.25) is 0 Å². The Hall–Kier alpha value is -1.13. The van der Waals surface area contributed by atoms with E-state index < -0.39 is 17.1 Å². The molecule has 13 heavy (non-hydrogen) atoms. The summed E-state index contributed by atoms with van der Waals surface area (Å²) in [5, 5.41) is 17.8. The van der Waals surface area contributed by atoms with Crippen LogP contribution in [0.15, 0.2) is 18.2 Å². The first-order chi connectivity index (χ1) is 5.97. The van der Waals surface area contributed by atoms with Crippen molar-refractivity contribution in [1.82, 2.24) is 0 Å². The lowest BCUT2D eigenvalue weighted by Gasteiger charge is -2.22. The van der Waals surface area contributed by atoms with E-state index in [0.717, 1.165) is 6.07 Å². The highest BCUT2D eigenvalue weighted by Crippen LogP contribution is 2.22. The molecular weight excluding hydrogens is 173 g/mol. The Morgan fingerprint density at radius 1 is 1.54 bits per heavy atom. The van der Waals surface area contributed by atoms with Gasteiger partial charge in [-0.1, -0.05) is 6.07 Å². The van der Waals surface area contributed by atoms with Gasteiger partial charge in [-0.25, -0.2) is 4.39 Å². The topological polar surface area (TPSA) is 66.5 Å². The zero-order valence-corrected chi connectivity index (χ0v) is 7.29. The summed E-state index contributed by atoms with van der Waals surface area (Å²) >= 11 is 0. The zero-order valence-electron chi connectivity index (χ0n) is 7.29. The normalized spacial score (nSPS) is 15.4. The SMILES string of the molecule is C[C@](N)(CO)c1ccc(O)c(F)c1. The maximum Gasteiger partial charge on any atom is 0.165 e. The Morgan fingerprint density at radius 2 is 2.15 bits per heavy atom. The van der Waals surface area contributed by atoms with Crippen molar-refractivity contribution in [2.45, 2.75) is 12.5 Å². The average molecular weight is 185 g/mol. The summed E-state index contributed by atoms with van der Waals surface area (Å²) in [4.78, 5) is 0. The summed E-state index contributed by atoms with van der Waals surface area (Å²) in [6.45, 7) is 1.30. The van der Waals surface area contributed by atoms with Crippen molar-refractivity contribution < 1.29 is 14.6 Å². The van der Waals surface area contributed by atoms with Gasteiger partial charge in [0.25, 0.3) is 0 Å². The molecular formula is C9H12FNO2. The first-order valence-electron chi connectivity index (χ1n) is 3.86. The van der Waals surface area contributed by atoms with Gasteiger partial charge in [0.05, 0.1) is 12.1 Å². The van der Waals surface area contributed by atoms with Gasteiger partial charge < -0.3 is 15.9 Å². The third-order valence-corrected chi connectivity index (χ3v) is 1.94. The summed E-state index contributed by atoms with van der Waals surface area (Å²) < 4.78 is 12.9. The Labute approximate surface area is 75.6 Å². The molecule has 0 amide bonds. The molecule has 0 radical (unpaired) electrons. The molecule has 0 saturated heterocycles. The predicted molar refractivity (Wildman–Crippen MR) is 46.7 cm³/mol. The first-order valence-corrected chi connectivity index (χ1v) is 3.86. The molecule has 1 atom stereocenters. The second-order valence-corrected chi connectivity index (χ2v) is 3.24. The number of phenols is 1. The molecule has 0 spiro atoms. The molecule has 0 aliphatic rings. The van der Waals surface area contributed by atoms with E-state index >= 15 is 0 Å². The van der Waals surface area contributed by atoms with Gasteiger partial charge in [-0.2, -0.15) is 0 Å². The van der Waals surface area contributed by atoms with Gasteiger partial charge in [-0.05, 0) is 24.6 Å². The van der Waals surface area contributed by atoms with Crippen LogP contribution in [0.2, 0.25) is 0 Å². The lowest BCUT2D eigenvalue weighted by atomic mass is 9.94. The van der Waals surface area contributed by atoms with Gasteiger partial charge in [0.15, 0.2) is 11.6 Å². The fraction of sp³-hybridized carbons (Fsp3) is 0.333. The number of hydrogen-bond acceptors (Lipinski definition) is 3. The highest BCUT2D eigenvalue weighted by Gasteiger charge is 2.20. The molecule has 1 aromatic carbocycles. The predicted octanol–water partition coefficient (Wildman–Crippen LogP) is 0.697. The molecule has 0 aliphatic heterocycles. The number of phenolic OH excluding ortho intramolecular Hbond substituents is 1. The Balaban J connectivity index is 3.10. The number of aliphatic hydroxyl groups excluding tert-OH is 1. The minimum Gasteiger partial charge on any atom is -0.505 e. The van der Waals surface area contributed by atoms with E-state index in [1.807, 2.05) is 0 Å². The van der Waals surface area contributed by atoms with Crippen molar-refractivity contribution in [2.75, 3.05) is 6.61 Å². The molecule has 3 nitrogen and oxygen atoms in total. The van der Waals surface area contributed by atoms with E-state index in [9.17, 15) is 4.39 Å². The maximum atomic E-state index is 12.9. The van der Waals surface area contributed by atoms with E-state index in [-0.39, 0.29) is 6.61 Å². The minimum atomic E-state index is -0.978. The monoisotopic (exact) mass is 185 g/mol. The number of benzene rings is 1. The number of halogens is 1. The van der Waals surface area contributed by atoms with E-state index in [4.69, 9.17) is 15.9 Å². The Morgan fingerprint density at radius 3 is 2.62 bits per heavy atom. The molecule has 4 heteroatoms. The van der Waals surface area contributed by atoms with Gasteiger partial charge in [0, 0.05) is 0 Å². The van der Waals surface area contributed by atoms with Crippen LogP contribution in [0.3, 0.4) is 0 Å². The van der Waals surface area contributed by atoms with Crippen molar-refractivity contribution >= 4 is 0 Å². The lowest BCUT2D eigenvalue weighted by Crippen LogP contribution is -2.36. The highest BCUT2D eigenvalue weighted by molar-refractivity contribution is 5.32. The van der Waals surface area contributed by atoms with Gasteiger partial charge in [0.1, 0.15) is 0 Å². The number of nitrogens with two attached hydrogens (primary N) is 1. The van der Waals surface area contributed by atoms with Crippen LogP contribution in [0.5, 0.6) is 5.75 Å². The highest BCUT2D eigenvalue weighted by atomic mass is 19.1. The van der Waals surface area contributed by atoms with Crippen molar-refractivity contribution in [3.05, 3.63) is 29.6 Å². The van der Waals surface area contributed by atoms with Crippen LogP contribution in [-0.2, 0) is 5.54 Å². The quantitative estimate of drug-likeness (QED) is 0.635. The van der Waals surface area contributed by atoms with Crippen LogP contribution < -0.4 is 5.73 Å². The summed E-state index contributed by atoms with van der Waals surface area (Å²) in [5.41, 5.74) is 5.13. The fourth-order valence-corrected chi connectivity index (χ4v) is 0.953. The second-order valence-electron chi connectivity index (χ2n) is 3.24. The smallest absolute Gasteiger partial charge is 0.165 e. The van der Waals surface area contributed by atoms with Gasteiger partial charge in [0.2, 0.25) is 0 Å². The molecule has 0 aromatic heterocycles. The van der Waals surface area contributed by atoms with Crippen LogP contribution in [0, 0.1) is 5.82 Å². The van der Waals surface area contributed by atoms with E-state index in [2.05, 4.69) is 0 Å². The Bertz CT molecular complexity index is 312. The lowest BCUT2D eigenvalue weighted by molar-refractivity contribution is 0.209. The zero-order chi connectivity index (χ0) is 10.1.